The first-order valence-corrected chi connectivity index (χ1v) is 45.0. The van der Waals surface area contributed by atoms with Crippen molar-refractivity contribution in [2.24, 2.45) is 0 Å². The molecule has 0 radical (unpaired) electrons. The van der Waals surface area contributed by atoms with E-state index in [0.717, 1.165) is 101 Å². The number of halogens is 12. The Kier molecular flexibility index (Phi) is 20.7. The monoisotopic (exact) mass is 1830 g/mol. The van der Waals surface area contributed by atoms with Gasteiger partial charge in [0, 0.05) is 54.9 Å². The second kappa shape index (κ2) is 33.0. The highest BCUT2D eigenvalue weighted by atomic mass is 19.4. The molecule has 0 saturated heterocycles. The number of alkyl halides is 12. The molecule has 3 heterocycles. The Morgan fingerprint density at radius 1 is 0.232 bits per heavy atom. The van der Waals surface area contributed by atoms with Crippen LogP contribution in [0.1, 0.15) is 94.9 Å². The number of nitrogens with zero attached hydrogens (tertiary/aromatic N) is 5. The number of benzene rings is 18. The second-order valence-corrected chi connectivity index (χ2v) is 36.1. The lowest BCUT2D eigenvalue weighted by Crippen LogP contribution is -2.16. The Labute approximate surface area is 785 Å². The summed E-state index contributed by atoms with van der Waals surface area (Å²) in [5, 5.41) is 27.8. The van der Waals surface area contributed by atoms with Gasteiger partial charge in [0.25, 0.3) is 0 Å². The van der Waals surface area contributed by atoms with Crippen LogP contribution in [0.3, 0.4) is 0 Å². The molecule has 3 aromatic heterocycles. The number of aromatic nitrogens is 3. The van der Waals surface area contributed by atoms with Gasteiger partial charge in [-0.1, -0.05) is 277 Å². The van der Waals surface area contributed by atoms with Gasteiger partial charge in [-0.2, -0.15) is 63.2 Å². The molecule has 22 rings (SSSR count). The molecule has 1 aliphatic carbocycles. The van der Waals surface area contributed by atoms with Crippen molar-refractivity contribution in [3.05, 3.63) is 447 Å². The maximum atomic E-state index is 16.5. The molecule has 5 nitrogen and oxygen atoms in total. The summed E-state index contributed by atoms with van der Waals surface area (Å²) in [5.41, 5.74) is 11.2. The predicted octanol–water partition coefficient (Wildman–Crippen LogP) is 34.4. The lowest BCUT2D eigenvalue weighted by atomic mass is 9.80. The van der Waals surface area contributed by atoms with Crippen LogP contribution in [0.4, 0.5) is 52.7 Å². The van der Waals surface area contributed by atoms with Gasteiger partial charge in [-0.3, -0.25) is 0 Å². The van der Waals surface area contributed by atoms with Crippen LogP contribution >= 0.6 is 0 Å². The zero-order valence-corrected chi connectivity index (χ0v) is 74.6. The highest BCUT2D eigenvalue weighted by Crippen LogP contribution is 2.58. The molecule has 0 unspecified atom stereocenters. The van der Waals surface area contributed by atoms with Crippen LogP contribution in [0.2, 0.25) is 0 Å². The van der Waals surface area contributed by atoms with Crippen molar-refractivity contribution >= 4 is 65.4 Å². The number of nitriles is 2. The van der Waals surface area contributed by atoms with Crippen molar-refractivity contribution < 1.29 is 52.7 Å². The maximum absolute atomic E-state index is 16.5. The van der Waals surface area contributed by atoms with Crippen LogP contribution in [0.5, 0.6) is 0 Å². The number of hydrogen-bond donors (Lipinski definition) is 0. The topological polar surface area (TPSA) is 62.4 Å². The average molecular weight is 1830 g/mol. The van der Waals surface area contributed by atoms with Crippen LogP contribution in [0.15, 0.2) is 358 Å². The van der Waals surface area contributed by atoms with Crippen LogP contribution in [-0.2, 0) is 31.1 Å². The van der Waals surface area contributed by atoms with E-state index < -0.39 is 75.1 Å². The predicted molar refractivity (Wildman–Crippen MR) is 528 cm³/mol. The SMILES string of the molecule is Cc1cccc(-c2ccc3c(c2)C(c2cc(C#N)c(-n4c5cc(-c6cccc(C)c6)ccc5c5ccc(-c6cccc(Cc7ccc8c9cc(-c%10cccc(C)c%10)ccc9n(-c9cc(C#N)c(-n%10c%11ccccc%11c%11cc(-c%12cccc(C)c%12)ccc%11%10)cc9-c9c(C(F)(F)F)cccc9C(F)(F)F)c8c7)c6)cc54)cc2-c2c(C(F)(F)F)cccc2C(F)(F)F)c2cc(-c4cccc(C)c4)ccc2-3)c1. The standard InChI is InChI=1S/C121H77F12N5/c1-68-16-8-22-75(48-68)81-35-42-89-90-43-36-82(76-23-9-17-69(2)49-76)59-98(90)115(97(89)58-81)99-60-87(66-134)109(64-100(99)116-102(118(122,123)124)29-14-30-103(116)119(125,126)127)138-112-61-85(79-26-12-20-72(5)52-79)37-44-92(112)93-45-38-86(62-113(93)138)80-27-13-21-73(54-80)53-74-34-41-94-96-57-84(78-25-11-19-71(4)51-78)40-47-108(96)137(111(94)55-74)114-63-88(67-135)110(65-101(114)117-104(120(128,129)130)31-15-32-105(117)121(131,132)133)136-106-33-7-6-28-91(106)95-56-83(39-46-107(95)136)77-24-10-18-70(3)50-77/h6-52,54-65,115H,53H2,1-5H3. The smallest absolute Gasteiger partial charge is 0.309 e. The molecular weight excluding hydrogens is 1750 g/mol. The first kappa shape index (κ1) is 86.9. The average Bonchev–Trinajstić information content (AvgIpc) is 1.71. The molecule has 0 saturated carbocycles. The normalized spacial score (nSPS) is 12.5. The van der Waals surface area contributed by atoms with Crippen LogP contribution in [0.25, 0.3) is 183 Å². The lowest BCUT2D eigenvalue weighted by Gasteiger charge is -2.26. The van der Waals surface area contributed by atoms with E-state index in [4.69, 9.17) is 0 Å². The summed E-state index contributed by atoms with van der Waals surface area (Å²) >= 11 is 0. The third-order valence-corrected chi connectivity index (χ3v) is 27.2. The van der Waals surface area contributed by atoms with E-state index in [-0.39, 0.29) is 40.2 Å². The van der Waals surface area contributed by atoms with Gasteiger partial charge in [-0.05, 0) is 262 Å². The van der Waals surface area contributed by atoms with Gasteiger partial charge in [0.15, 0.2) is 0 Å². The fourth-order valence-electron chi connectivity index (χ4n) is 21.0. The van der Waals surface area contributed by atoms with E-state index in [2.05, 4.69) is 12.1 Å². The molecule has 0 N–H and O–H groups in total. The summed E-state index contributed by atoms with van der Waals surface area (Å²) in [7, 11) is 0. The minimum absolute atomic E-state index is 0.0124. The molecule has 0 atom stereocenters. The van der Waals surface area contributed by atoms with Gasteiger partial charge in [0.2, 0.25) is 0 Å². The van der Waals surface area contributed by atoms with Crippen molar-refractivity contribution in [3.8, 4) is 129 Å². The number of para-hydroxylation sites is 1. The summed E-state index contributed by atoms with van der Waals surface area (Å²) in [5.74, 6) is -1.08. The van der Waals surface area contributed by atoms with Crippen molar-refractivity contribution in [2.45, 2.75) is 71.7 Å². The zero-order chi connectivity index (χ0) is 95.4. The highest BCUT2D eigenvalue weighted by molar-refractivity contribution is 6.15. The van der Waals surface area contributed by atoms with Gasteiger partial charge in [0.05, 0.1) is 83.5 Å². The first-order chi connectivity index (χ1) is 66.4. The highest BCUT2D eigenvalue weighted by Gasteiger charge is 2.46. The largest absolute Gasteiger partial charge is 0.417 e. The van der Waals surface area contributed by atoms with Gasteiger partial charge < -0.3 is 13.7 Å². The van der Waals surface area contributed by atoms with Crippen molar-refractivity contribution in [1.29, 1.82) is 10.5 Å². The minimum Gasteiger partial charge on any atom is -0.309 e. The molecule has 0 spiro atoms. The van der Waals surface area contributed by atoms with Crippen molar-refractivity contribution in [2.75, 3.05) is 0 Å². The molecule has 1 aliphatic rings. The second-order valence-electron chi connectivity index (χ2n) is 36.1. The molecule has 0 fully saturated rings. The maximum Gasteiger partial charge on any atom is 0.417 e. The van der Waals surface area contributed by atoms with Crippen LogP contribution in [-0.4, -0.2) is 13.7 Å². The van der Waals surface area contributed by atoms with E-state index in [0.29, 0.717) is 129 Å². The first-order valence-electron chi connectivity index (χ1n) is 45.0. The van der Waals surface area contributed by atoms with E-state index >= 15 is 52.7 Å². The van der Waals surface area contributed by atoms with Crippen LogP contribution in [0, 0.1) is 57.3 Å². The number of hydrogen-bond acceptors (Lipinski definition) is 2. The quantitative estimate of drug-likeness (QED) is 0.102. The molecule has 0 bridgehead atoms. The molecule has 670 valence electrons. The lowest BCUT2D eigenvalue weighted by molar-refractivity contribution is -0.143. The number of aryl methyl sites for hydroxylation is 5. The van der Waals surface area contributed by atoms with Gasteiger partial charge in [-0.15, -0.1) is 0 Å². The molecule has 138 heavy (non-hydrogen) atoms. The van der Waals surface area contributed by atoms with E-state index in [1.807, 2.05) is 314 Å². The van der Waals surface area contributed by atoms with E-state index in [1.165, 1.54) is 24.3 Å². The Hall–Kier alpha value is -16.5. The summed E-state index contributed by atoms with van der Waals surface area (Å²) in [6.45, 7) is 9.79. The third-order valence-electron chi connectivity index (χ3n) is 27.2. The van der Waals surface area contributed by atoms with E-state index in [9.17, 15) is 10.5 Å². The summed E-state index contributed by atoms with van der Waals surface area (Å²) in [4.78, 5) is 0. The molecule has 0 amide bonds. The Balaban J connectivity index is 0.746. The molecule has 18 aromatic carbocycles. The zero-order valence-electron chi connectivity index (χ0n) is 74.6. The van der Waals surface area contributed by atoms with Gasteiger partial charge in [0.1, 0.15) is 12.1 Å². The Morgan fingerprint density at radius 2 is 0.543 bits per heavy atom. The number of rotatable bonds is 14. The Morgan fingerprint density at radius 3 is 0.986 bits per heavy atom. The fourth-order valence-corrected chi connectivity index (χ4v) is 21.0. The summed E-state index contributed by atoms with van der Waals surface area (Å²) in [6.07, 6.45) is -21.3. The molecule has 21 aromatic rings. The van der Waals surface area contributed by atoms with Crippen molar-refractivity contribution in [1.82, 2.24) is 13.7 Å². The fraction of sp³-hybridized carbons (Fsp3) is 0.0909. The van der Waals surface area contributed by atoms with Crippen LogP contribution < -0.4 is 0 Å². The molecular formula is C121H77F12N5. The number of fused-ring (bicyclic) bond motifs is 12. The van der Waals surface area contributed by atoms with Gasteiger partial charge >= 0.3 is 24.7 Å². The third kappa shape index (κ3) is 15.1. The summed E-state index contributed by atoms with van der Waals surface area (Å²) < 4.78 is 201. The molecule has 0 aliphatic heterocycles. The summed E-state index contributed by atoms with van der Waals surface area (Å²) in [6, 6.07) is 109. The molecule has 17 heteroatoms. The van der Waals surface area contributed by atoms with E-state index in [1.54, 1.807) is 31.9 Å². The van der Waals surface area contributed by atoms with Gasteiger partial charge in [-0.25, -0.2) is 0 Å². The Bertz CT molecular complexity index is 8630. The minimum atomic E-state index is -5.36. The van der Waals surface area contributed by atoms with Crippen molar-refractivity contribution in [3.63, 3.8) is 0 Å².